The molecule has 3 nitrogen and oxygen atoms in total. The van der Waals surface area contributed by atoms with Crippen molar-refractivity contribution in [2.75, 3.05) is 0 Å². The Morgan fingerprint density at radius 2 is 1.69 bits per heavy atom. The van der Waals surface area contributed by atoms with Crippen LogP contribution in [0.1, 0.15) is 90.9 Å². The molecule has 0 bridgehead atoms. The van der Waals surface area contributed by atoms with Crippen molar-refractivity contribution in [3.63, 3.8) is 0 Å². The quantitative estimate of drug-likeness (QED) is 0.568. The smallest absolute Gasteiger partial charge is 0.306 e. The molecule has 0 aromatic carbocycles. The third kappa shape index (κ3) is 2.12. The SMILES string of the molecule is C[C@]12CCC(=O)C[C@H]1CC[C@@H]1[C@@H]2CC[C@@]2(C)[C@H]1CC[C@@]21CCCC(=O)O1. The summed E-state index contributed by atoms with van der Waals surface area (Å²) in [5, 5.41) is 0. The van der Waals surface area contributed by atoms with Gasteiger partial charge in [-0.05, 0) is 86.9 Å². The van der Waals surface area contributed by atoms with Gasteiger partial charge in [-0.25, -0.2) is 0 Å². The Morgan fingerprint density at radius 3 is 2.50 bits per heavy atom. The topological polar surface area (TPSA) is 43.4 Å². The van der Waals surface area contributed by atoms with E-state index < -0.39 is 0 Å². The number of carbonyl (C=O) groups excluding carboxylic acids is 2. The normalized spacial score (nSPS) is 53.6. The number of esters is 1. The van der Waals surface area contributed by atoms with Crippen LogP contribution in [0.3, 0.4) is 0 Å². The highest BCUT2D eigenvalue weighted by Crippen LogP contribution is 2.69. The Bertz CT molecular complexity index is 641. The van der Waals surface area contributed by atoms with Gasteiger partial charge in [0.05, 0.1) is 0 Å². The summed E-state index contributed by atoms with van der Waals surface area (Å²) in [5.41, 5.74) is 0.382. The molecule has 0 unspecified atom stereocenters. The Morgan fingerprint density at radius 1 is 0.885 bits per heavy atom. The first-order valence-electron chi connectivity index (χ1n) is 11.1. The number of fused-ring (bicyclic) bond motifs is 6. The van der Waals surface area contributed by atoms with Gasteiger partial charge >= 0.3 is 5.97 Å². The third-order valence-corrected chi connectivity index (χ3v) is 10.0. The first-order chi connectivity index (χ1) is 12.4. The first kappa shape index (κ1) is 17.3. The van der Waals surface area contributed by atoms with Gasteiger partial charge < -0.3 is 4.74 Å². The summed E-state index contributed by atoms with van der Waals surface area (Å²) in [6, 6.07) is 0. The van der Waals surface area contributed by atoms with E-state index in [-0.39, 0.29) is 17.0 Å². The minimum atomic E-state index is -0.168. The zero-order valence-electron chi connectivity index (χ0n) is 16.5. The van der Waals surface area contributed by atoms with Crippen molar-refractivity contribution in [2.45, 2.75) is 96.5 Å². The molecule has 1 aliphatic heterocycles. The van der Waals surface area contributed by atoms with Crippen LogP contribution in [0.25, 0.3) is 0 Å². The number of rotatable bonds is 0. The maximum Gasteiger partial charge on any atom is 0.306 e. The monoisotopic (exact) mass is 358 g/mol. The molecule has 0 radical (unpaired) electrons. The maximum atomic E-state index is 12.1. The largest absolute Gasteiger partial charge is 0.458 e. The number of ether oxygens (including phenoxy) is 1. The Labute approximate surface area is 157 Å². The molecule has 5 rings (SSSR count). The molecule has 0 aromatic heterocycles. The molecule has 5 fully saturated rings. The molecule has 144 valence electrons. The van der Waals surface area contributed by atoms with Gasteiger partial charge in [0.25, 0.3) is 0 Å². The van der Waals surface area contributed by atoms with E-state index in [1.807, 2.05) is 0 Å². The van der Waals surface area contributed by atoms with Crippen LogP contribution in [-0.2, 0) is 14.3 Å². The van der Waals surface area contributed by atoms with Crippen LogP contribution in [0.15, 0.2) is 0 Å². The average Bonchev–Trinajstić information content (AvgIpc) is 2.88. The highest BCUT2D eigenvalue weighted by molar-refractivity contribution is 5.79. The molecule has 0 N–H and O–H groups in total. The van der Waals surface area contributed by atoms with Gasteiger partial charge in [0, 0.05) is 24.7 Å². The molecular weight excluding hydrogens is 324 g/mol. The molecule has 4 aliphatic carbocycles. The number of hydrogen-bond acceptors (Lipinski definition) is 3. The average molecular weight is 359 g/mol. The number of ketones is 1. The fourth-order valence-electron chi connectivity index (χ4n) is 8.55. The van der Waals surface area contributed by atoms with Crippen molar-refractivity contribution in [3.05, 3.63) is 0 Å². The lowest BCUT2D eigenvalue weighted by Gasteiger charge is -2.61. The Balaban J connectivity index is 1.45. The molecule has 5 aliphatic rings. The molecule has 3 heteroatoms. The van der Waals surface area contributed by atoms with Crippen LogP contribution >= 0.6 is 0 Å². The van der Waals surface area contributed by atoms with Crippen molar-refractivity contribution in [1.82, 2.24) is 0 Å². The molecule has 1 spiro atoms. The lowest BCUT2D eigenvalue weighted by Crippen LogP contribution is -2.58. The van der Waals surface area contributed by atoms with Gasteiger partial charge in [-0.2, -0.15) is 0 Å². The predicted molar refractivity (Wildman–Crippen MR) is 99.4 cm³/mol. The van der Waals surface area contributed by atoms with E-state index in [1.54, 1.807) is 0 Å². The molecule has 0 aromatic rings. The first-order valence-corrected chi connectivity index (χ1v) is 11.1. The fourth-order valence-corrected chi connectivity index (χ4v) is 8.55. The summed E-state index contributed by atoms with van der Waals surface area (Å²) >= 11 is 0. The standard InChI is InChI=1S/C23H34O3/c1-21-11-7-16(24)14-15(21)5-6-17-18(21)8-12-22(2)19(17)9-13-23(22)10-3-4-20(25)26-23/h15,17-19H,3-14H2,1-2H3/t15-,17-,18+,19+,21+,22+,23+/m1/s1. The van der Waals surface area contributed by atoms with Crippen molar-refractivity contribution in [1.29, 1.82) is 0 Å². The second kappa shape index (κ2) is 5.58. The van der Waals surface area contributed by atoms with Crippen molar-refractivity contribution in [3.8, 4) is 0 Å². The Hall–Kier alpha value is -0.860. The van der Waals surface area contributed by atoms with Gasteiger partial charge in [-0.3, -0.25) is 9.59 Å². The Kier molecular flexibility index (Phi) is 3.70. The van der Waals surface area contributed by atoms with E-state index in [9.17, 15) is 9.59 Å². The van der Waals surface area contributed by atoms with Crippen LogP contribution in [0, 0.1) is 34.5 Å². The van der Waals surface area contributed by atoms with Gasteiger partial charge in [-0.1, -0.05) is 13.8 Å². The molecule has 1 saturated heterocycles. The van der Waals surface area contributed by atoms with E-state index in [2.05, 4.69) is 13.8 Å². The van der Waals surface area contributed by atoms with Crippen LogP contribution in [0.4, 0.5) is 0 Å². The summed E-state index contributed by atoms with van der Waals surface area (Å²) in [6.07, 6.45) is 12.8. The maximum absolute atomic E-state index is 12.1. The van der Waals surface area contributed by atoms with Crippen LogP contribution in [-0.4, -0.2) is 17.4 Å². The molecule has 0 amide bonds. The minimum Gasteiger partial charge on any atom is -0.458 e. The van der Waals surface area contributed by atoms with E-state index in [0.29, 0.717) is 29.5 Å². The fraction of sp³-hybridized carbons (Fsp3) is 0.913. The van der Waals surface area contributed by atoms with Crippen LogP contribution < -0.4 is 0 Å². The number of Topliss-reactive ketones (excluding diaryl/α,β-unsaturated/α-hetero) is 1. The van der Waals surface area contributed by atoms with E-state index in [4.69, 9.17) is 4.74 Å². The van der Waals surface area contributed by atoms with Crippen molar-refractivity contribution in [2.24, 2.45) is 34.5 Å². The second-order valence-corrected chi connectivity index (χ2v) is 10.7. The number of carbonyl (C=O) groups is 2. The highest BCUT2D eigenvalue weighted by Gasteiger charge is 2.66. The van der Waals surface area contributed by atoms with Gasteiger partial charge in [0.15, 0.2) is 0 Å². The van der Waals surface area contributed by atoms with Gasteiger partial charge in [0.2, 0.25) is 0 Å². The van der Waals surface area contributed by atoms with E-state index in [1.165, 1.54) is 32.1 Å². The van der Waals surface area contributed by atoms with Crippen molar-refractivity contribution >= 4 is 11.8 Å². The summed E-state index contributed by atoms with van der Waals surface area (Å²) in [7, 11) is 0. The highest BCUT2D eigenvalue weighted by atomic mass is 16.6. The molecule has 7 atom stereocenters. The van der Waals surface area contributed by atoms with E-state index >= 15 is 0 Å². The van der Waals surface area contributed by atoms with Gasteiger partial charge in [-0.15, -0.1) is 0 Å². The summed E-state index contributed by atoms with van der Waals surface area (Å²) in [6.45, 7) is 4.97. The molecule has 26 heavy (non-hydrogen) atoms. The summed E-state index contributed by atoms with van der Waals surface area (Å²) in [4.78, 5) is 24.2. The summed E-state index contributed by atoms with van der Waals surface area (Å²) < 4.78 is 6.15. The molecule has 1 heterocycles. The van der Waals surface area contributed by atoms with Crippen molar-refractivity contribution < 1.29 is 14.3 Å². The molecular formula is C23H34O3. The zero-order chi connectivity index (χ0) is 18.2. The van der Waals surface area contributed by atoms with Crippen LogP contribution in [0.5, 0.6) is 0 Å². The molecule has 4 saturated carbocycles. The lowest BCUT2D eigenvalue weighted by atomic mass is 9.44. The van der Waals surface area contributed by atoms with E-state index in [0.717, 1.165) is 50.4 Å². The van der Waals surface area contributed by atoms with Gasteiger partial charge in [0.1, 0.15) is 11.4 Å². The van der Waals surface area contributed by atoms with Crippen LogP contribution in [0.2, 0.25) is 0 Å². The second-order valence-electron chi connectivity index (χ2n) is 10.7. The minimum absolute atomic E-state index is 0.0433. The predicted octanol–water partition coefficient (Wildman–Crippen LogP) is 5.06. The number of hydrogen-bond donors (Lipinski definition) is 0. The summed E-state index contributed by atoms with van der Waals surface area (Å²) in [5.74, 6) is 3.44. The zero-order valence-corrected chi connectivity index (χ0v) is 16.5. The lowest BCUT2D eigenvalue weighted by molar-refractivity contribution is -0.199. The third-order valence-electron chi connectivity index (χ3n) is 10.0.